The van der Waals surface area contributed by atoms with E-state index >= 15 is 0 Å². The summed E-state index contributed by atoms with van der Waals surface area (Å²) < 4.78 is 40.4. The predicted molar refractivity (Wildman–Crippen MR) is 84.2 cm³/mol. The van der Waals surface area contributed by atoms with Crippen molar-refractivity contribution in [2.45, 2.75) is 17.5 Å². The second-order valence-corrected chi connectivity index (χ2v) is 6.12. The molecule has 2 amide bonds. The summed E-state index contributed by atoms with van der Waals surface area (Å²) in [6, 6.07) is 7.24. The molecule has 1 aromatic carbocycles. The normalized spacial score (nSPS) is 14.0. The lowest BCUT2D eigenvalue weighted by atomic mass is 10.2. The van der Waals surface area contributed by atoms with Gasteiger partial charge in [-0.2, -0.15) is 13.2 Å². The Morgan fingerprint density at radius 1 is 1.28 bits per heavy atom. The highest BCUT2D eigenvalue weighted by atomic mass is 32.2. The number of benzene rings is 1. The van der Waals surface area contributed by atoms with E-state index < -0.39 is 31.2 Å². The third kappa shape index (κ3) is 5.96. The smallest absolute Gasteiger partial charge is 0.405 e. The van der Waals surface area contributed by atoms with Crippen molar-refractivity contribution in [2.75, 3.05) is 30.3 Å². The number of rotatable bonds is 6. The van der Waals surface area contributed by atoms with Crippen molar-refractivity contribution in [3.05, 3.63) is 24.3 Å². The molecule has 0 radical (unpaired) electrons. The zero-order valence-corrected chi connectivity index (χ0v) is 13.8. The summed E-state index contributed by atoms with van der Waals surface area (Å²) in [5.41, 5.74) is 0.694. The monoisotopic (exact) mass is 376 g/mol. The van der Waals surface area contributed by atoms with Gasteiger partial charge >= 0.3 is 12.1 Å². The van der Waals surface area contributed by atoms with Crippen LogP contribution in [0.1, 0.15) is 6.42 Å². The van der Waals surface area contributed by atoms with Crippen LogP contribution in [0.5, 0.6) is 0 Å². The molecule has 1 aliphatic heterocycles. The first kappa shape index (κ1) is 19.1. The van der Waals surface area contributed by atoms with Crippen LogP contribution in [0.4, 0.5) is 18.9 Å². The van der Waals surface area contributed by atoms with Gasteiger partial charge in [-0.15, -0.1) is 11.8 Å². The van der Waals surface area contributed by atoms with E-state index in [1.165, 1.54) is 16.7 Å². The minimum absolute atomic E-state index is 0.0689. The predicted octanol–water partition coefficient (Wildman–Crippen LogP) is 1.74. The number of nitrogens with one attached hydrogen (secondary N) is 1. The first-order valence-corrected chi connectivity index (χ1v) is 8.26. The van der Waals surface area contributed by atoms with Crippen LogP contribution in [0.15, 0.2) is 29.2 Å². The Kier molecular flexibility index (Phi) is 6.29. The van der Waals surface area contributed by atoms with Gasteiger partial charge in [0.15, 0.2) is 6.61 Å². The first-order valence-electron chi connectivity index (χ1n) is 7.27. The zero-order valence-electron chi connectivity index (χ0n) is 13.0. The summed E-state index contributed by atoms with van der Waals surface area (Å²) in [5, 5.41) is 1.60. The molecule has 2 rings (SSSR count). The number of carbonyl (C=O) groups excluding carboxylic acids is 3. The van der Waals surface area contributed by atoms with Crippen molar-refractivity contribution < 1.29 is 32.3 Å². The number of alkyl halides is 3. The maximum Gasteiger partial charge on any atom is 0.405 e. The summed E-state index contributed by atoms with van der Waals surface area (Å²) in [6.45, 7) is -2.21. The highest BCUT2D eigenvalue weighted by Crippen LogP contribution is 2.34. The van der Waals surface area contributed by atoms with Gasteiger partial charge in [-0.05, 0) is 12.1 Å². The molecular formula is C15H15F3N2O4S. The van der Waals surface area contributed by atoms with Gasteiger partial charge in [-0.1, -0.05) is 12.1 Å². The Hall–Kier alpha value is -2.23. The number of carbonyl (C=O) groups is 3. The lowest BCUT2D eigenvalue weighted by molar-refractivity contribution is -0.151. The van der Waals surface area contributed by atoms with E-state index in [1.807, 2.05) is 12.1 Å². The first-order chi connectivity index (χ1) is 11.8. The third-order valence-corrected chi connectivity index (χ3v) is 4.25. The maximum atomic E-state index is 12.0. The number of hydrogen-bond acceptors (Lipinski definition) is 5. The van der Waals surface area contributed by atoms with Gasteiger partial charge in [0.05, 0.1) is 17.9 Å². The number of ether oxygens (including phenoxy) is 1. The van der Waals surface area contributed by atoms with Crippen LogP contribution in [-0.4, -0.2) is 49.4 Å². The van der Waals surface area contributed by atoms with Gasteiger partial charge in [-0.25, -0.2) is 0 Å². The van der Waals surface area contributed by atoms with Gasteiger partial charge in [-0.3, -0.25) is 14.4 Å². The molecule has 136 valence electrons. The number of para-hydroxylation sites is 1. The maximum absolute atomic E-state index is 12.0. The molecular weight excluding hydrogens is 361 g/mol. The second kappa shape index (κ2) is 8.24. The van der Waals surface area contributed by atoms with E-state index in [0.717, 1.165) is 4.90 Å². The summed E-state index contributed by atoms with van der Waals surface area (Å²) in [5.74, 6) is -1.71. The van der Waals surface area contributed by atoms with Crippen LogP contribution >= 0.6 is 11.8 Å². The number of halogens is 3. The molecule has 1 heterocycles. The van der Waals surface area contributed by atoms with E-state index in [-0.39, 0.29) is 24.6 Å². The minimum Gasteiger partial charge on any atom is -0.456 e. The summed E-state index contributed by atoms with van der Waals surface area (Å²) in [6.07, 6.45) is -4.70. The number of anilines is 1. The van der Waals surface area contributed by atoms with E-state index in [0.29, 0.717) is 5.69 Å². The Labute approximate surface area is 145 Å². The molecule has 0 bridgehead atoms. The van der Waals surface area contributed by atoms with E-state index in [1.54, 1.807) is 17.4 Å². The van der Waals surface area contributed by atoms with E-state index in [2.05, 4.69) is 4.74 Å². The molecule has 1 aromatic rings. The van der Waals surface area contributed by atoms with Crippen LogP contribution < -0.4 is 10.2 Å². The molecule has 0 saturated carbocycles. The molecule has 6 nitrogen and oxygen atoms in total. The Morgan fingerprint density at radius 3 is 2.72 bits per heavy atom. The molecule has 0 aliphatic carbocycles. The van der Waals surface area contributed by atoms with Gasteiger partial charge in [0, 0.05) is 11.4 Å². The number of thioether (sulfide) groups is 1. The van der Waals surface area contributed by atoms with Gasteiger partial charge in [0.1, 0.15) is 6.54 Å². The number of nitrogens with zero attached hydrogens (tertiary/aromatic N) is 1. The number of fused-ring (bicyclic) bond motifs is 1. The molecule has 25 heavy (non-hydrogen) atoms. The minimum atomic E-state index is -4.53. The number of amides is 2. The van der Waals surface area contributed by atoms with Gasteiger partial charge in [0.2, 0.25) is 5.91 Å². The fourth-order valence-electron chi connectivity index (χ4n) is 2.07. The van der Waals surface area contributed by atoms with Crippen LogP contribution in [-0.2, 0) is 19.1 Å². The lowest BCUT2D eigenvalue weighted by Crippen LogP contribution is -2.38. The van der Waals surface area contributed by atoms with E-state index in [4.69, 9.17) is 0 Å². The van der Waals surface area contributed by atoms with Crippen LogP contribution in [0.25, 0.3) is 0 Å². The number of esters is 1. The molecule has 1 N–H and O–H groups in total. The molecule has 0 unspecified atom stereocenters. The molecule has 0 atom stereocenters. The molecule has 10 heteroatoms. The highest BCUT2D eigenvalue weighted by Gasteiger charge is 2.28. The van der Waals surface area contributed by atoms with Crippen molar-refractivity contribution in [1.82, 2.24) is 5.32 Å². The van der Waals surface area contributed by atoms with Crippen molar-refractivity contribution in [2.24, 2.45) is 0 Å². The summed E-state index contributed by atoms with van der Waals surface area (Å²) in [7, 11) is 0. The molecule has 0 aromatic heterocycles. The number of hydrogen-bond donors (Lipinski definition) is 1. The SMILES string of the molecule is O=C(COC(=O)CCN1C(=O)CSc2ccccc21)NCC(F)(F)F. The van der Waals surface area contributed by atoms with E-state index in [9.17, 15) is 27.6 Å². The highest BCUT2D eigenvalue weighted by molar-refractivity contribution is 8.00. The lowest BCUT2D eigenvalue weighted by Gasteiger charge is -2.28. The van der Waals surface area contributed by atoms with Gasteiger partial charge in [0.25, 0.3) is 5.91 Å². The van der Waals surface area contributed by atoms with Crippen molar-refractivity contribution >= 4 is 35.2 Å². The van der Waals surface area contributed by atoms with Crippen LogP contribution in [0.2, 0.25) is 0 Å². The topological polar surface area (TPSA) is 75.7 Å². The Balaban J connectivity index is 1.78. The largest absolute Gasteiger partial charge is 0.456 e. The summed E-state index contributed by atoms with van der Waals surface area (Å²) in [4.78, 5) is 37.2. The molecule has 0 saturated heterocycles. The zero-order chi connectivity index (χ0) is 18.4. The Morgan fingerprint density at radius 2 is 2.00 bits per heavy atom. The third-order valence-electron chi connectivity index (χ3n) is 3.20. The molecule has 0 fully saturated rings. The average Bonchev–Trinajstić information content (AvgIpc) is 2.56. The molecule has 0 spiro atoms. The van der Waals surface area contributed by atoms with Crippen LogP contribution in [0, 0.1) is 0 Å². The quantitative estimate of drug-likeness (QED) is 0.766. The second-order valence-electron chi connectivity index (χ2n) is 5.10. The fraction of sp³-hybridized carbons (Fsp3) is 0.400. The standard InChI is InChI=1S/C15H15F3N2O4S/c16-15(17,18)9-19-12(21)7-24-14(23)5-6-20-10-3-1-2-4-11(10)25-8-13(20)22/h1-4H,5-9H2,(H,19,21). The summed E-state index contributed by atoms with van der Waals surface area (Å²) >= 11 is 1.40. The average molecular weight is 376 g/mol. The van der Waals surface area contributed by atoms with Crippen LogP contribution in [0.3, 0.4) is 0 Å². The van der Waals surface area contributed by atoms with Crippen molar-refractivity contribution in [3.8, 4) is 0 Å². The molecule has 1 aliphatic rings. The fourth-order valence-corrected chi connectivity index (χ4v) is 3.01. The van der Waals surface area contributed by atoms with Gasteiger partial charge < -0.3 is 15.0 Å². The Bertz CT molecular complexity index is 666. The van der Waals surface area contributed by atoms with Crippen molar-refractivity contribution in [3.63, 3.8) is 0 Å². The van der Waals surface area contributed by atoms with Crippen molar-refractivity contribution in [1.29, 1.82) is 0 Å².